The lowest BCUT2D eigenvalue weighted by Gasteiger charge is -2.48. The van der Waals surface area contributed by atoms with Crippen molar-refractivity contribution in [1.82, 2.24) is 10.3 Å². The number of hydrazine groups is 1. The molecule has 0 aromatic rings. The molecule has 0 aromatic carbocycles. The molecule has 0 radical (unpaired) electrons. The molecule has 0 spiro atoms. The summed E-state index contributed by atoms with van der Waals surface area (Å²) in [5, 5.41) is 0. The summed E-state index contributed by atoms with van der Waals surface area (Å²) in [6.45, 7) is 11.3. The number of hydrogen-bond acceptors (Lipinski definition) is 3. The van der Waals surface area contributed by atoms with Gasteiger partial charge in [0.25, 0.3) is 0 Å². The van der Waals surface area contributed by atoms with Crippen molar-refractivity contribution in [2.75, 3.05) is 13.1 Å². The van der Waals surface area contributed by atoms with Gasteiger partial charge in [0.15, 0.2) is 0 Å². The molecule has 0 aromatic heterocycles. The lowest BCUT2D eigenvalue weighted by molar-refractivity contribution is 0.0598. The van der Waals surface area contributed by atoms with E-state index in [1.807, 2.05) is 0 Å². The maximum absolute atomic E-state index is 6.06. The number of nitrogens with two attached hydrogens (primary N) is 1. The third-order valence-corrected chi connectivity index (χ3v) is 5.52. The molecule has 0 fully saturated rings. The van der Waals surface area contributed by atoms with Crippen molar-refractivity contribution in [3.8, 4) is 0 Å². The van der Waals surface area contributed by atoms with Gasteiger partial charge in [-0.1, -0.05) is 52.2 Å². The smallest absolute Gasteiger partial charge is 0.0603 e. The largest absolute Gasteiger partial charge is 0.296 e. The first-order valence-corrected chi connectivity index (χ1v) is 9.10. The van der Waals surface area contributed by atoms with Crippen LogP contribution < -0.4 is 11.3 Å². The Morgan fingerprint density at radius 3 is 2.24 bits per heavy atom. The van der Waals surface area contributed by atoms with Gasteiger partial charge < -0.3 is 0 Å². The van der Waals surface area contributed by atoms with Crippen LogP contribution in [0.1, 0.15) is 79.1 Å². The Hall–Kier alpha value is -0.380. The Bertz CT molecular complexity index is 304. The Balaban J connectivity index is 3.10. The predicted molar refractivity (Wildman–Crippen MR) is 93.1 cm³/mol. The summed E-state index contributed by atoms with van der Waals surface area (Å²) >= 11 is 0. The molecule has 3 N–H and O–H groups in total. The second-order valence-electron chi connectivity index (χ2n) is 6.31. The Morgan fingerprint density at radius 1 is 1.10 bits per heavy atom. The van der Waals surface area contributed by atoms with Crippen LogP contribution in [0, 0.1) is 0 Å². The summed E-state index contributed by atoms with van der Waals surface area (Å²) < 4.78 is 0. The molecule has 1 unspecified atom stereocenters. The molecule has 1 aliphatic carbocycles. The van der Waals surface area contributed by atoms with Gasteiger partial charge >= 0.3 is 0 Å². The van der Waals surface area contributed by atoms with Gasteiger partial charge in [0.05, 0.1) is 6.04 Å². The van der Waals surface area contributed by atoms with E-state index < -0.39 is 0 Å². The lowest BCUT2D eigenvalue weighted by atomic mass is 9.77. The number of likely N-dealkylation sites (N-methyl/N-ethyl adjacent to an activating group) is 1. The number of allylic oxidation sites excluding steroid dienone is 1. The highest BCUT2D eigenvalue weighted by Gasteiger charge is 2.40. The molecular formula is C18H37N3. The normalized spacial score (nSPS) is 19.0. The summed E-state index contributed by atoms with van der Waals surface area (Å²) in [5.41, 5.74) is 4.89. The summed E-state index contributed by atoms with van der Waals surface area (Å²) in [6.07, 6.45) is 12.6. The topological polar surface area (TPSA) is 41.3 Å². The van der Waals surface area contributed by atoms with Crippen LogP contribution in [0.3, 0.4) is 0 Å². The summed E-state index contributed by atoms with van der Waals surface area (Å²) in [5.74, 6) is 6.06. The van der Waals surface area contributed by atoms with Crippen LogP contribution in [0.25, 0.3) is 0 Å². The third kappa shape index (κ3) is 4.30. The van der Waals surface area contributed by atoms with E-state index in [-0.39, 0.29) is 11.6 Å². The van der Waals surface area contributed by atoms with Gasteiger partial charge in [0.2, 0.25) is 0 Å². The molecule has 0 bridgehead atoms. The van der Waals surface area contributed by atoms with Crippen molar-refractivity contribution in [2.24, 2.45) is 5.84 Å². The number of nitrogens with zero attached hydrogens (tertiary/aromatic N) is 1. The molecule has 1 rings (SSSR count). The van der Waals surface area contributed by atoms with Crippen LogP contribution in [0.4, 0.5) is 0 Å². The fourth-order valence-electron chi connectivity index (χ4n) is 4.23. The highest BCUT2D eigenvalue weighted by molar-refractivity contribution is 5.20. The van der Waals surface area contributed by atoms with E-state index in [4.69, 9.17) is 5.84 Å². The number of nitrogens with one attached hydrogen (secondary N) is 1. The van der Waals surface area contributed by atoms with E-state index in [2.05, 4.69) is 44.1 Å². The summed E-state index contributed by atoms with van der Waals surface area (Å²) in [6, 6.07) is 0.283. The zero-order valence-electron chi connectivity index (χ0n) is 14.8. The lowest BCUT2D eigenvalue weighted by Crippen LogP contribution is -2.63. The molecule has 1 aliphatic rings. The molecule has 0 saturated heterocycles. The van der Waals surface area contributed by atoms with Crippen LogP contribution >= 0.6 is 0 Å². The first kappa shape index (κ1) is 18.7. The molecule has 0 heterocycles. The molecule has 3 heteroatoms. The van der Waals surface area contributed by atoms with Crippen molar-refractivity contribution in [3.05, 3.63) is 11.6 Å². The molecule has 3 nitrogen and oxygen atoms in total. The summed E-state index contributed by atoms with van der Waals surface area (Å²) in [4.78, 5) is 2.61. The Labute approximate surface area is 132 Å². The number of hydrogen-bond donors (Lipinski definition) is 2. The van der Waals surface area contributed by atoms with Crippen molar-refractivity contribution < 1.29 is 0 Å². The minimum Gasteiger partial charge on any atom is -0.296 e. The molecule has 0 saturated carbocycles. The second-order valence-corrected chi connectivity index (χ2v) is 6.31. The van der Waals surface area contributed by atoms with Crippen LogP contribution in [0.15, 0.2) is 11.6 Å². The van der Waals surface area contributed by atoms with Crippen LogP contribution in [-0.2, 0) is 0 Å². The highest BCUT2D eigenvalue weighted by atomic mass is 15.3. The fourth-order valence-corrected chi connectivity index (χ4v) is 4.23. The maximum atomic E-state index is 6.06. The SMILES string of the molecule is CCN(CC)C(CC)(CC)C(NN)C1=CCCCCCC1. The van der Waals surface area contributed by atoms with Crippen molar-refractivity contribution >= 4 is 0 Å². The minimum absolute atomic E-state index is 0.142. The number of rotatable bonds is 8. The molecule has 21 heavy (non-hydrogen) atoms. The highest BCUT2D eigenvalue weighted by Crippen LogP contribution is 2.34. The Morgan fingerprint density at radius 2 is 1.71 bits per heavy atom. The van der Waals surface area contributed by atoms with E-state index >= 15 is 0 Å². The van der Waals surface area contributed by atoms with E-state index in [1.165, 1.54) is 38.5 Å². The van der Waals surface area contributed by atoms with Gasteiger partial charge in [-0.25, -0.2) is 0 Å². The average Bonchev–Trinajstić information content (AvgIpc) is 2.48. The summed E-state index contributed by atoms with van der Waals surface area (Å²) in [7, 11) is 0. The van der Waals surface area contributed by atoms with Crippen molar-refractivity contribution in [1.29, 1.82) is 0 Å². The zero-order chi connectivity index (χ0) is 15.7. The molecular weight excluding hydrogens is 258 g/mol. The van der Waals surface area contributed by atoms with E-state index in [9.17, 15) is 0 Å². The van der Waals surface area contributed by atoms with Crippen LogP contribution in [-0.4, -0.2) is 29.6 Å². The molecule has 0 amide bonds. The van der Waals surface area contributed by atoms with Gasteiger partial charge in [-0.3, -0.25) is 16.2 Å². The van der Waals surface area contributed by atoms with Gasteiger partial charge in [-0.05, 0) is 51.6 Å². The van der Waals surface area contributed by atoms with Crippen molar-refractivity contribution in [3.63, 3.8) is 0 Å². The predicted octanol–water partition coefficient (Wildman–Crippen LogP) is 4.00. The maximum Gasteiger partial charge on any atom is 0.0603 e. The van der Waals surface area contributed by atoms with Gasteiger partial charge in [-0.2, -0.15) is 0 Å². The van der Waals surface area contributed by atoms with E-state index in [0.29, 0.717) is 0 Å². The van der Waals surface area contributed by atoms with E-state index in [1.54, 1.807) is 5.57 Å². The third-order valence-electron chi connectivity index (χ3n) is 5.52. The Kier molecular flexibility index (Phi) is 8.53. The van der Waals surface area contributed by atoms with Gasteiger partial charge in [0.1, 0.15) is 0 Å². The molecule has 0 aliphatic heterocycles. The first-order valence-electron chi connectivity index (χ1n) is 9.10. The minimum atomic E-state index is 0.142. The molecule has 124 valence electrons. The molecule has 1 atom stereocenters. The first-order chi connectivity index (χ1) is 10.2. The van der Waals surface area contributed by atoms with Crippen molar-refractivity contribution in [2.45, 2.75) is 90.6 Å². The quantitative estimate of drug-likeness (QED) is 0.404. The van der Waals surface area contributed by atoms with Crippen LogP contribution in [0.2, 0.25) is 0 Å². The average molecular weight is 296 g/mol. The zero-order valence-corrected chi connectivity index (χ0v) is 14.8. The van der Waals surface area contributed by atoms with Gasteiger partial charge in [-0.15, -0.1) is 0 Å². The van der Waals surface area contributed by atoms with E-state index in [0.717, 1.165) is 25.9 Å². The fraction of sp³-hybridized carbons (Fsp3) is 0.889. The van der Waals surface area contributed by atoms with Crippen LogP contribution in [0.5, 0.6) is 0 Å². The second kappa shape index (κ2) is 9.60. The standard InChI is InChI=1S/C18H37N3/c1-5-18(6-2,21(7-3)8-4)17(20-19)16-14-12-10-9-11-13-15-16/h14,17,20H,5-13,15,19H2,1-4H3. The monoisotopic (exact) mass is 295 g/mol. The van der Waals surface area contributed by atoms with Gasteiger partial charge in [0, 0.05) is 5.54 Å².